The van der Waals surface area contributed by atoms with Gasteiger partial charge >= 0.3 is 0 Å². The predicted molar refractivity (Wildman–Crippen MR) is 87.4 cm³/mol. The van der Waals surface area contributed by atoms with E-state index < -0.39 is 0 Å². The topological polar surface area (TPSA) is 63.2 Å². The summed E-state index contributed by atoms with van der Waals surface area (Å²) >= 11 is 1.75. The highest BCUT2D eigenvalue weighted by Gasteiger charge is 2.21. The standard InChI is InChI=1S/C15H21N5OS/c1-11-13(22-10-18-11)9-20-7-3-12(4-8-20)19-14-15(21-2)17-6-5-16-14/h5-6,10,12H,3-4,7-9H2,1-2H3,(H,16,19). The normalized spacial score (nSPS) is 16.6. The quantitative estimate of drug-likeness (QED) is 0.912. The lowest BCUT2D eigenvalue weighted by atomic mass is 10.0. The number of nitrogens with one attached hydrogen (secondary N) is 1. The Morgan fingerprint density at radius 1 is 1.27 bits per heavy atom. The monoisotopic (exact) mass is 319 g/mol. The molecule has 0 atom stereocenters. The number of hydrogen-bond acceptors (Lipinski definition) is 7. The third-order valence-corrected chi connectivity index (χ3v) is 4.92. The van der Waals surface area contributed by atoms with Crippen LogP contribution >= 0.6 is 11.3 Å². The van der Waals surface area contributed by atoms with Gasteiger partial charge in [0, 0.05) is 42.9 Å². The largest absolute Gasteiger partial charge is 0.478 e. The number of piperidine rings is 1. The van der Waals surface area contributed by atoms with E-state index >= 15 is 0 Å². The van der Waals surface area contributed by atoms with Crippen LogP contribution in [0.25, 0.3) is 0 Å². The first-order valence-electron chi connectivity index (χ1n) is 7.49. The minimum absolute atomic E-state index is 0.421. The molecule has 3 rings (SSSR count). The molecule has 118 valence electrons. The van der Waals surface area contributed by atoms with Gasteiger partial charge in [-0.25, -0.2) is 15.0 Å². The van der Waals surface area contributed by atoms with Crippen LogP contribution in [0.5, 0.6) is 5.88 Å². The lowest BCUT2D eigenvalue weighted by Crippen LogP contribution is -2.38. The number of thiazole rings is 1. The molecule has 2 aromatic rings. The van der Waals surface area contributed by atoms with Crippen molar-refractivity contribution in [2.24, 2.45) is 0 Å². The van der Waals surface area contributed by atoms with Gasteiger partial charge in [-0.15, -0.1) is 11.3 Å². The summed E-state index contributed by atoms with van der Waals surface area (Å²) in [6, 6.07) is 0.421. The van der Waals surface area contributed by atoms with Gasteiger partial charge in [0.05, 0.1) is 18.3 Å². The van der Waals surface area contributed by atoms with Gasteiger partial charge in [0.2, 0.25) is 0 Å². The fourth-order valence-corrected chi connectivity index (χ4v) is 3.50. The first-order valence-corrected chi connectivity index (χ1v) is 8.37. The molecule has 0 spiro atoms. The van der Waals surface area contributed by atoms with Crippen LogP contribution in [0.1, 0.15) is 23.4 Å². The zero-order valence-corrected chi connectivity index (χ0v) is 13.8. The van der Waals surface area contributed by atoms with Crippen molar-refractivity contribution in [3.63, 3.8) is 0 Å². The van der Waals surface area contributed by atoms with E-state index in [1.807, 2.05) is 5.51 Å². The number of rotatable bonds is 5. The predicted octanol–water partition coefficient (Wildman–Crippen LogP) is 2.33. The summed E-state index contributed by atoms with van der Waals surface area (Å²) in [5, 5.41) is 3.46. The van der Waals surface area contributed by atoms with Gasteiger partial charge < -0.3 is 10.1 Å². The van der Waals surface area contributed by atoms with Crippen molar-refractivity contribution in [1.82, 2.24) is 19.9 Å². The SMILES string of the molecule is COc1nccnc1NC1CCN(Cc2scnc2C)CC1. The van der Waals surface area contributed by atoms with Gasteiger partial charge in [0.1, 0.15) is 0 Å². The van der Waals surface area contributed by atoms with E-state index in [-0.39, 0.29) is 0 Å². The smallest absolute Gasteiger partial charge is 0.257 e. The van der Waals surface area contributed by atoms with Gasteiger partial charge in [0.25, 0.3) is 5.88 Å². The zero-order chi connectivity index (χ0) is 15.4. The second-order valence-electron chi connectivity index (χ2n) is 5.47. The molecule has 0 radical (unpaired) electrons. The first kappa shape index (κ1) is 15.2. The lowest BCUT2D eigenvalue weighted by molar-refractivity contribution is 0.212. The minimum atomic E-state index is 0.421. The van der Waals surface area contributed by atoms with E-state index in [9.17, 15) is 0 Å². The van der Waals surface area contributed by atoms with Crippen molar-refractivity contribution in [1.29, 1.82) is 0 Å². The van der Waals surface area contributed by atoms with E-state index in [1.165, 1.54) is 4.88 Å². The van der Waals surface area contributed by atoms with Gasteiger partial charge in [-0.3, -0.25) is 4.90 Å². The van der Waals surface area contributed by atoms with Crippen LogP contribution in [0.3, 0.4) is 0 Å². The second-order valence-corrected chi connectivity index (χ2v) is 6.41. The molecule has 0 amide bonds. The molecule has 2 aromatic heterocycles. The number of aryl methyl sites for hydroxylation is 1. The molecular formula is C15H21N5OS. The van der Waals surface area contributed by atoms with Crippen LogP contribution in [-0.2, 0) is 6.54 Å². The van der Waals surface area contributed by atoms with Crippen molar-refractivity contribution in [3.05, 3.63) is 28.5 Å². The highest BCUT2D eigenvalue weighted by molar-refractivity contribution is 7.09. The molecule has 3 heterocycles. The average molecular weight is 319 g/mol. The molecule has 1 aliphatic rings. The summed E-state index contributed by atoms with van der Waals surface area (Å²) in [6.45, 7) is 5.26. The Morgan fingerprint density at radius 2 is 2.05 bits per heavy atom. The molecule has 0 aromatic carbocycles. The van der Waals surface area contributed by atoms with Crippen molar-refractivity contribution >= 4 is 17.2 Å². The molecule has 1 aliphatic heterocycles. The van der Waals surface area contributed by atoms with Crippen molar-refractivity contribution in [3.8, 4) is 5.88 Å². The van der Waals surface area contributed by atoms with E-state index in [0.717, 1.165) is 44.0 Å². The average Bonchev–Trinajstić information content (AvgIpc) is 2.95. The fraction of sp³-hybridized carbons (Fsp3) is 0.533. The van der Waals surface area contributed by atoms with E-state index in [2.05, 4.69) is 32.1 Å². The first-order chi connectivity index (χ1) is 10.8. The Bertz CT molecular complexity index is 609. The number of anilines is 1. The second kappa shape index (κ2) is 7.02. The van der Waals surface area contributed by atoms with Crippen LogP contribution in [0.15, 0.2) is 17.9 Å². The Kier molecular flexibility index (Phi) is 4.84. The molecule has 0 aliphatic carbocycles. The highest BCUT2D eigenvalue weighted by Crippen LogP contribution is 2.23. The summed E-state index contributed by atoms with van der Waals surface area (Å²) in [7, 11) is 1.62. The number of aromatic nitrogens is 3. The number of methoxy groups -OCH3 is 1. The van der Waals surface area contributed by atoms with Crippen LogP contribution in [-0.4, -0.2) is 46.1 Å². The van der Waals surface area contributed by atoms with Crippen molar-refractivity contribution in [2.75, 3.05) is 25.5 Å². The maximum Gasteiger partial charge on any atom is 0.257 e. The highest BCUT2D eigenvalue weighted by atomic mass is 32.1. The number of nitrogens with zero attached hydrogens (tertiary/aromatic N) is 4. The molecule has 1 N–H and O–H groups in total. The third kappa shape index (κ3) is 3.53. The minimum Gasteiger partial charge on any atom is -0.478 e. The van der Waals surface area contributed by atoms with Gasteiger partial charge in [0.15, 0.2) is 5.82 Å². The van der Waals surface area contributed by atoms with Crippen LogP contribution in [0.4, 0.5) is 5.82 Å². The molecule has 22 heavy (non-hydrogen) atoms. The summed E-state index contributed by atoms with van der Waals surface area (Å²) in [6.07, 6.45) is 5.52. The lowest BCUT2D eigenvalue weighted by Gasteiger charge is -2.32. The maximum atomic E-state index is 5.24. The van der Waals surface area contributed by atoms with Crippen LogP contribution < -0.4 is 10.1 Å². The number of hydrogen-bond donors (Lipinski definition) is 1. The van der Waals surface area contributed by atoms with E-state index in [1.54, 1.807) is 30.8 Å². The van der Waals surface area contributed by atoms with E-state index in [0.29, 0.717) is 11.9 Å². The zero-order valence-electron chi connectivity index (χ0n) is 13.0. The fourth-order valence-electron chi connectivity index (χ4n) is 2.68. The Morgan fingerprint density at radius 3 is 2.73 bits per heavy atom. The molecule has 1 fully saturated rings. The molecule has 0 saturated carbocycles. The molecule has 0 unspecified atom stereocenters. The third-order valence-electron chi connectivity index (χ3n) is 4.00. The van der Waals surface area contributed by atoms with Gasteiger partial charge in [-0.1, -0.05) is 0 Å². The Hall–Kier alpha value is -1.73. The van der Waals surface area contributed by atoms with Crippen LogP contribution in [0.2, 0.25) is 0 Å². The molecule has 7 heteroatoms. The van der Waals surface area contributed by atoms with Gasteiger partial charge in [-0.2, -0.15) is 0 Å². The summed E-state index contributed by atoms with van der Waals surface area (Å²) in [5.41, 5.74) is 3.09. The Balaban J connectivity index is 1.52. The molecular weight excluding hydrogens is 298 g/mol. The number of ether oxygens (including phenoxy) is 1. The molecule has 0 bridgehead atoms. The van der Waals surface area contributed by atoms with Crippen molar-refractivity contribution < 1.29 is 4.74 Å². The van der Waals surface area contributed by atoms with Crippen LogP contribution in [0, 0.1) is 6.92 Å². The van der Waals surface area contributed by atoms with Crippen molar-refractivity contribution in [2.45, 2.75) is 32.4 Å². The number of likely N-dealkylation sites (tertiary alicyclic amines) is 1. The van der Waals surface area contributed by atoms with E-state index in [4.69, 9.17) is 4.74 Å². The van der Waals surface area contributed by atoms with Gasteiger partial charge in [-0.05, 0) is 19.8 Å². The Labute approximate surface area is 134 Å². The summed E-state index contributed by atoms with van der Waals surface area (Å²) in [4.78, 5) is 16.7. The molecule has 6 nitrogen and oxygen atoms in total. The maximum absolute atomic E-state index is 5.24. The molecule has 1 saturated heterocycles. The summed E-state index contributed by atoms with van der Waals surface area (Å²) in [5.74, 6) is 1.30. The summed E-state index contributed by atoms with van der Waals surface area (Å²) < 4.78 is 5.24.